The van der Waals surface area contributed by atoms with E-state index in [1.165, 1.54) is 8.47 Å². The molecule has 8 aliphatic rings. The van der Waals surface area contributed by atoms with Gasteiger partial charge >= 0.3 is 12.1 Å². The van der Waals surface area contributed by atoms with Crippen LogP contribution < -0.4 is 18.9 Å². The van der Waals surface area contributed by atoms with Gasteiger partial charge in [0.15, 0.2) is 11.3 Å². The number of rotatable bonds is 18. The summed E-state index contributed by atoms with van der Waals surface area (Å²) in [7, 11) is 6.63. The molecule has 14 nitrogen and oxygen atoms in total. The van der Waals surface area contributed by atoms with E-state index in [0.29, 0.717) is 49.4 Å². The van der Waals surface area contributed by atoms with E-state index in [2.05, 4.69) is 45.9 Å². The smallest absolute Gasteiger partial charge is 0.325 e. The molecule has 0 aromatic heterocycles. The van der Waals surface area contributed by atoms with Gasteiger partial charge in [-0.1, -0.05) is 155 Å². The lowest BCUT2D eigenvalue weighted by Crippen LogP contribution is -2.62. The number of carbonyl (C=O) groups excluding carboxylic acids is 2. The molecule has 0 saturated carbocycles. The van der Waals surface area contributed by atoms with E-state index in [0.717, 1.165) is 61.4 Å². The van der Waals surface area contributed by atoms with Gasteiger partial charge in [0.2, 0.25) is 0 Å². The first kappa shape index (κ1) is 51.0. The fourth-order valence-electron chi connectivity index (χ4n) is 10.9. The zero-order chi connectivity index (χ0) is 50.6. The molecule has 2 fully saturated rings. The van der Waals surface area contributed by atoms with E-state index < -0.39 is 11.3 Å². The molecule has 74 heavy (non-hydrogen) atoms. The largest absolute Gasteiger partial charge is 0.490 e. The first-order chi connectivity index (χ1) is 36.4. The summed E-state index contributed by atoms with van der Waals surface area (Å²) in [5.41, 5.74) is 1.72. The van der Waals surface area contributed by atoms with Crippen molar-refractivity contribution in [1.82, 2.24) is 19.6 Å². The van der Waals surface area contributed by atoms with Crippen molar-refractivity contribution < 1.29 is 47.5 Å². The topological polar surface area (TPSA) is 121 Å². The summed E-state index contributed by atoms with van der Waals surface area (Å²) in [6.07, 6.45) is 0. The summed E-state index contributed by atoms with van der Waals surface area (Å²) in [5, 5.41) is 8.38. The molecule has 4 amide bonds. The minimum atomic E-state index is -1.47. The lowest BCUT2D eigenvalue weighted by atomic mass is 9.79. The minimum absolute atomic E-state index is 0.0800. The van der Waals surface area contributed by atoms with Crippen molar-refractivity contribution in [2.75, 3.05) is 81.3 Å². The molecule has 0 aliphatic carbocycles. The number of nitrogens with zero attached hydrogens (tertiary/aromatic N) is 4. The van der Waals surface area contributed by atoms with Gasteiger partial charge in [-0.15, -0.1) is 0 Å². The number of benzene rings is 4. The number of fused-ring (bicyclic) bond motifs is 4. The Morgan fingerprint density at radius 2 is 0.662 bits per heavy atom. The van der Waals surface area contributed by atoms with Gasteiger partial charge in [0, 0.05) is 61.8 Å². The first-order valence-electron chi connectivity index (χ1n) is 23.8. The van der Waals surface area contributed by atoms with Crippen LogP contribution in [-0.2, 0) is 56.5 Å². The van der Waals surface area contributed by atoms with Crippen LogP contribution in [0.1, 0.15) is 33.4 Å². The molecule has 0 N–H and O–H groups in total. The number of carbonyl (C=O) groups is 2. The zero-order valence-corrected chi connectivity index (χ0v) is 47.2. The van der Waals surface area contributed by atoms with Gasteiger partial charge in [-0.25, -0.2) is 9.59 Å². The second kappa shape index (κ2) is 21.6. The number of urea groups is 2. The van der Waals surface area contributed by atoms with Crippen LogP contribution in [0.2, 0.25) is 0 Å². The summed E-state index contributed by atoms with van der Waals surface area (Å²) < 4.78 is 54.5. The maximum absolute atomic E-state index is 16.8. The molecule has 12 rings (SSSR count). The minimum Gasteiger partial charge on any atom is -0.490 e. The third kappa shape index (κ3) is 8.09. The van der Waals surface area contributed by atoms with Crippen LogP contribution in [0.15, 0.2) is 119 Å². The maximum atomic E-state index is 16.8. The highest BCUT2D eigenvalue weighted by molar-refractivity contribution is 8.32. The average molecular weight is 1150 g/mol. The molecule has 386 valence electrons. The van der Waals surface area contributed by atoms with E-state index in [4.69, 9.17) is 37.9 Å². The van der Waals surface area contributed by atoms with E-state index in [1.54, 1.807) is 123 Å². The summed E-state index contributed by atoms with van der Waals surface area (Å²) in [6, 6.07) is 19.6. The van der Waals surface area contributed by atoms with Gasteiger partial charge in [-0.05, 0) is 21.6 Å². The molecule has 4 aromatic carbocycles. The van der Waals surface area contributed by atoms with Crippen molar-refractivity contribution in [2.45, 2.75) is 57.1 Å². The summed E-state index contributed by atoms with van der Waals surface area (Å²) in [4.78, 5) is 45.0. The standard InChI is InChI=1S/C52H50N4O10S8/c1-59-15-19-63-37-33-27-53-49(57)55-29-35-36(40(66-22-18-62-4)44-43(39(35)65-21-17-61-3)73-48(74-44)46-69-25-26-70-46)30-56-50(58)54(51(53,31-11-7-5-8-12-31)52(55,56)32-13-9-6-10-14-32)28-34(33)38(64-20-16-60-2)42-41(37)71-47(72-42)45-67-23-24-68-45/h5-14,23-26H,15-22,27-30H2,1-4H3. The van der Waals surface area contributed by atoms with Gasteiger partial charge in [-0.2, -0.15) is 0 Å². The Balaban J connectivity index is 1.12. The third-order valence-electron chi connectivity index (χ3n) is 13.7. The number of hydrogen-bond acceptors (Lipinski definition) is 18. The molecule has 0 atom stereocenters. The summed E-state index contributed by atoms with van der Waals surface area (Å²) in [6.45, 7) is 2.75. The monoisotopic (exact) mass is 1150 g/mol. The molecule has 2 saturated heterocycles. The second-order valence-electron chi connectivity index (χ2n) is 17.5. The van der Waals surface area contributed by atoms with Gasteiger partial charge in [0.25, 0.3) is 0 Å². The Labute approximate surface area is 463 Å². The molecule has 0 unspecified atom stereocenters. The van der Waals surface area contributed by atoms with Crippen LogP contribution in [0.4, 0.5) is 9.59 Å². The summed E-state index contributed by atoms with van der Waals surface area (Å²) >= 11 is 13.4. The molecule has 0 spiro atoms. The highest BCUT2D eigenvalue weighted by atomic mass is 32.2. The molecule has 22 heteroatoms. The molecule has 0 bridgehead atoms. The lowest BCUT2D eigenvalue weighted by molar-refractivity contribution is -0.0796. The highest BCUT2D eigenvalue weighted by Crippen LogP contribution is 2.71. The van der Waals surface area contributed by atoms with E-state index >= 15 is 9.59 Å². The quantitative estimate of drug-likeness (QED) is 0.0878. The van der Waals surface area contributed by atoms with Crippen molar-refractivity contribution in [3.8, 4) is 23.0 Å². The van der Waals surface area contributed by atoms with Crippen molar-refractivity contribution in [3.05, 3.63) is 133 Å². The predicted molar refractivity (Wildman–Crippen MR) is 298 cm³/mol. The molecular weight excluding hydrogens is 1100 g/mol. The second-order valence-corrected chi connectivity index (χ2v) is 26.3. The summed E-state index contributed by atoms with van der Waals surface area (Å²) in [5.74, 6) is 2.61. The Morgan fingerprint density at radius 1 is 0.392 bits per heavy atom. The van der Waals surface area contributed by atoms with Crippen LogP contribution >= 0.6 is 94.1 Å². The Hall–Kier alpha value is -3.78. The van der Waals surface area contributed by atoms with Gasteiger partial charge < -0.3 is 37.9 Å². The molecule has 8 aliphatic heterocycles. The Kier molecular flexibility index (Phi) is 14.9. The van der Waals surface area contributed by atoms with Crippen molar-refractivity contribution in [1.29, 1.82) is 0 Å². The fraction of sp³-hybridized carbons (Fsp3) is 0.346. The number of ether oxygens (including phenoxy) is 8. The SMILES string of the molecule is COCCOc1c2c(c(OCCOC)c3c1SC(=C1SC=CS1)S3)CN1C(=O)N3Cc4c(c(OCCOC)c5c(c4OCCOC)SC(=C4SC=CS4)S5)CN4C(=O)N(C2)C1(c1ccccc1)C43c1ccccc1. The molecule has 0 radical (unpaired) electrons. The van der Waals surface area contributed by atoms with Crippen molar-refractivity contribution in [3.63, 3.8) is 0 Å². The number of methoxy groups -OCH3 is 4. The van der Waals surface area contributed by atoms with Gasteiger partial charge in [0.1, 0.15) is 49.4 Å². The van der Waals surface area contributed by atoms with Crippen LogP contribution in [0.3, 0.4) is 0 Å². The maximum Gasteiger partial charge on any atom is 0.325 e. The highest BCUT2D eigenvalue weighted by Gasteiger charge is 2.81. The normalized spacial score (nSPS) is 21.9. The van der Waals surface area contributed by atoms with Crippen LogP contribution in [0, 0.1) is 0 Å². The van der Waals surface area contributed by atoms with Crippen LogP contribution in [-0.4, -0.2) is 113 Å². The van der Waals surface area contributed by atoms with E-state index in [9.17, 15) is 0 Å². The van der Waals surface area contributed by atoms with Crippen LogP contribution in [0.25, 0.3) is 0 Å². The van der Waals surface area contributed by atoms with E-state index in [-0.39, 0.29) is 64.7 Å². The number of hydrogen-bond donors (Lipinski definition) is 0. The van der Waals surface area contributed by atoms with Crippen molar-refractivity contribution in [2.24, 2.45) is 0 Å². The van der Waals surface area contributed by atoms with Gasteiger partial charge in [-0.3, -0.25) is 19.6 Å². The molecule has 8 heterocycles. The zero-order valence-electron chi connectivity index (χ0n) is 40.7. The van der Waals surface area contributed by atoms with Gasteiger partial charge in [0.05, 0.1) is 89.1 Å². The van der Waals surface area contributed by atoms with Crippen LogP contribution in [0.5, 0.6) is 23.0 Å². The predicted octanol–water partition coefficient (Wildman–Crippen LogP) is 12.2. The fourth-order valence-corrected chi connectivity index (χ4v) is 20.7. The third-order valence-corrected chi connectivity index (χ3v) is 24.2. The van der Waals surface area contributed by atoms with Crippen molar-refractivity contribution >= 4 is 106 Å². The first-order valence-corrected chi connectivity index (χ1v) is 30.6. The molecule has 4 aromatic rings. The Morgan fingerprint density at radius 3 is 0.919 bits per heavy atom. The molecular formula is C52H50N4O10S8. The lowest BCUT2D eigenvalue weighted by Gasteiger charge is -2.49. The average Bonchev–Trinajstić information content (AvgIpc) is 4.37. The number of thioether (sulfide) groups is 8. The van der Waals surface area contributed by atoms with E-state index in [1.807, 2.05) is 56.0 Å². The Bertz CT molecular complexity index is 2690. The number of amides is 4.